The van der Waals surface area contributed by atoms with Gasteiger partial charge < -0.3 is 15.4 Å². The lowest BCUT2D eigenvalue weighted by molar-refractivity contribution is -0.137. The highest BCUT2D eigenvalue weighted by Crippen LogP contribution is 2.36. The molecule has 0 saturated carbocycles. The van der Waals surface area contributed by atoms with Crippen LogP contribution in [-0.4, -0.2) is 39.6 Å². The number of ether oxygens (including phenoxy) is 1. The van der Waals surface area contributed by atoms with Crippen molar-refractivity contribution in [3.8, 4) is 28.0 Å². The van der Waals surface area contributed by atoms with Crippen molar-refractivity contribution in [2.75, 3.05) is 28.4 Å². The van der Waals surface area contributed by atoms with Crippen LogP contribution in [0.5, 0.6) is 5.75 Å². The molecule has 0 radical (unpaired) electrons. The van der Waals surface area contributed by atoms with Crippen molar-refractivity contribution in [3.05, 3.63) is 149 Å². The summed E-state index contributed by atoms with van der Waals surface area (Å²) in [6, 6.07) is 36.7. The van der Waals surface area contributed by atoms with Gasteiger partial charge >= 0.3 is 18.2 Å². The number of H-pyrrole nitrogens is 2. The van der Waals surface area contributed by atoms with Crippen LogP contribution in [0.15, 0.2) is 133 Å². The van der Waals surface area contributed by atoms with Gasteiger partial charge in [0, 0.05) is 33.3 Å². The van der Waals surface area contributed by atoms with Gasteiger partial charge in [0.05, 0.1) is 33.8 Å². The van der Waals surface area contributed by atoms with Gasteiger partial charge in [0.1, 0.15) is 5.75 Å². The Bertz CT molecular complexity index is 2710. The standard InChI is InChI=1S/C21H14ClF3N4O.C21H17ClN4O2/c22-17-11-18-16(10-15(17)12-4-2-1-3-5-12)19(29-28-18)27-20(30)26-14-8-6-13(7-9-14)21(23,24)25;1-28-15-9-7-14(8-10-15)23-21(27)24-20-17-11-16(13-5-3-2-4-6-13)18(22)12-19(17)25-26-20/h1-11H,(H3,26,27,28,29,30);2-12H,1H3,(H3,23,24,25,26,27). The maximum atomic E-state index is 12.6. The molecule has 0 atom stereocenters. The van der Waals surface area contributed by atoms with Crippen molar-refractivity contribution in [1.29, 1.82) is 0 Å². The minimum atomic E-state index is -4.44. The van der Waals surface area contributed by atoms with E-state index in [-0.39, 0.29) is 11.5 Å². The molecule has 8 aromatic rings. The maximum Gasteiger partial charge on any atom is 0.416 e. The van der Waals surface area contributed by atoms with Crippen molar-refractivity contribution < 1.29 is 27.5 Å². The minimum absolute atomic E-state index is 0.216. The number of anilines is 4. The Kier molecular flexibility index (Phi) is 11.5. The molecule has 292 valence electrons. The van der Waals surface area contributed by atoms with Gasteiger partial charge in [-0.1, -0.05) is 83.9 Å². The van der Waals surface area contributed by atoms with E-state index in [4.69, 9.17) is 27.9 Å². The molecule has 2 aromatic heterocycles. The van der Waals surface area contributed by atoms with Gasteiger partial charge in [-0.15, -0.1) is 0 Å². The lowest BCUT2D eigenvalue weighted by atomic mass is 10.0. The van der Waals surface area contributed by atoms with E-state index in [0.29, 0.717) is 32.5 Å². The SMILES string of the molecule is COc1ccc(NC(=O)Nc2n[nH]c3cc(Cl)c(-c4ccccc4)cc23)cc1.O=C(Nc1ccc(C(F)(F)F)cc1)Nc1n[nH]c2cc(Cl)c(-c3ccccc3)cc12. The van der Waals surface area contributed by atoms with E-state index in [1.165, 1.54) is 12.1 Å². The maximum absolute atomic E-state index is 12.6. The number of nitrogens with zero attached hydrogens (tertiary/aromatic N) is 2. The number of alkyl halides is 3. The molecule has 0 aliphatic carbocycles. The number of rotatable bonds is 7. The normalized spacial score (nSPS) is 11.1. The highest BCUT2D eigenvalue weighted by atomic mass is 35.5. The Labute approximate surface area is 338 Å². The van der Waals surface area contributed by atoms with Crippen molar-refractivity contribution in [2.24, 2.45) is 0 Å². The molecule has 6 aromatic carbocycles. The van der Waals surface area contributed by atoms with Crippen LogP contribution < -0.4 is 26.0 Å². The molecule has 0 bridgehead atoms. The number of nitrogens with one attached hydrogen (secondary N) is 6. The number of fused-ring (bicyclic) bond motifs is 2. The third-order valence-electron chi connectivity index (χ3n) is 8.75. The van der Waals surface area contributed by atoms with Gasteiger partial charge in [-0.2, -0.15) is 23.4 Å². The average molecular weight is 824 g/mol. The Morgan fingerprint density at radius 3 is 1.40 bits per heavy atom. The lowest BCUT2D eigenvalue weighted by Crippen LogP contribution is -2.19. The predicted molar refractivity (Wildman–Crippen MR) is 223 cm³/mol. The van der Waals surface area contributed by atoms with E-state index in [0.717, 1.165) is 51.0 Å². The molecule has 2 heterocycles. The molecule has 58 heavy (non-hydrogen) atoms. The third kappa shape index (κ3) is 9.15. The van der Waals surface area contributed by atoms with E-state index in [2.05, 4.69) is 41.7 Å². The van der Waals surface area contributed by atoms with Crippen LogP contribution in [0.2, 0.25) is 10.0 Å². The number of benzene rings is 6. The van der Waals surface area contributed by atoms with E-state index in [1.807, 2.05) is 72.8 Å². The second kappa shape index (κ2) is 17.0. The molecule has 0 fully saturated rings. The quantitative estimate of drug-likeness (QED) is 0.0946. The van der Waals surface area contributed by atoms with Crippen LogP contribution in [0, 0.1) is 0 Å². The number of urea groups is 2. The van der Waals surface area contributed by atoms with Crippen LogP contribution in [0.25, 0.3) is 44.1 Å². The first-order chi connectivity index (χ1) is 27.9. The van der Waals surface area contributed by atoms with Crippen molar-refractivity contribution >= 4 is 80.1 Å². The van der Waals surface area contributed by atoms with Gasteiger partial charge in [-0.25, -0.2) is 9.59 Å². The highest BCUT2D eigenvalue weighted by Gasteiger charge is 2.30. The van der Waals surface area contributed by atoms with Gasteiger partial charge in [-0.05, 0) is 83.9 Å². The summed E-state index contributed by atoms with van der Waals surface area (Å²) in [5, 5.41) is 27.2. The zero-order chi connectivity index (χ0) is 40.8. The Morgan fingerprint density at radius 2 is 1.00 bits per heavy atom. The summed E-state index contributed by atoms with van der Waals surface area (Å²) in [5.74, 6) is 1.41. The molecule has 0 saturated heterocycles. The topological polar surface area (TPSA) is 149 Å². The summed E-state index contributed by atoms with van der Waals surface area (Å²) in [6.07, 6.45) is -4.44. The number of methoxy groups -OCH3 is 1. The Balaban J connectivity index is 0.000000177. The van der Waals surface area contributed by atoms with Crippen molar-refractivity contribution in [3.63, 3.8) is 0 Å². The lowest BCUT2D eigenvalue weighted by Gasteiger charge is -2.09. The number of aromatic nitrogens is 4. The van der Waals surface area contributed by atoms with Crippen molar-refractivity contribution in [1.82, 2.24) is 20.4 Å². The minimum Gasteiger partial charge on any atom is -0.497 e. The van der Waals surface area contributed by atoms with E-state index in [1.54, 1.807) is 43.5 Å². The Morgan fingerprint density at radius 1 is 0.586 bits per heavy atom. The first-order valence-corrected chi connectivity index (χ1v) is 18.1. The predicted octanol–water partition coefficient (Wildman–Crippen LogP) is 12.1. The first-order valence-electron chi connectivity index (χ1n) is 17.4. The summed E-state index contributed by atoms with van der Waals surface area (Å²) < 4.78 is 43.0. The summed E-state index contributed by atoms with van der Waals surface area (Å²) in [6.45, 7) is 0. The molecule has 6 N–H and O–H groups in total. The number of carbonyl (C=O) groups excluding carboxylic acids is 2. The summed E-state index contributed by atoms with van der Waals surface area (Å²) in [7, 11) is 1.59. The fraction of sp³-hybridized carbons (Fsp3) is 0.0476. The van der Waals surface area contributed by atoms with E-state index in [9.17, 15) is 22.8 Å². The monoisotopic (exact) mass is 822 g/mol. The molecule has 0 aliphatic heterocycles. The smallest absolute Gasteiger partial charge is 0.416 e. The van der Waals surface area contributed by atoms with Crippen LogP contribution in [0.3, 0.4) is 0 Å². The summed E-state index contributed by atoms with van der Waals surface area (Å²) in [5.41, 5.74) is 4.98. The first kappa shape index (κ1) is 39.2. The van der Waals surface area contributed by atoms with E-state index >= 15 is 0 Å². The third-order valence-corrected chi connectivity index (χ3v) is 9.38. The van der Waals surface area contributed by atoms with Crippen molar-refractivity contribution in [2.45, 2.75) is 6.18 Å². The average Bonchev–Trinajstić information content (AvgIpc) is 3.79. The Hall–Kier alpha value is -7.03. The zero-order valence-electron chi connectivity index (χ0n) is 30.2. The molecule has 11 nitrogen and oxygen atoms in total. The van der Waals surface area contributed by atoms with E-state index < -0.39 is 23.8 Å². The molecule has 0 unspecified atom stereocenters. The summed E-state index contributed by atoms with van der Waals surface area (Å²) in [4.78, 5) is 24.7. The second-order valence-corrected chi connectivity index (χ2v) is 13.4. The van der Waals surface area contributed by atoms with Gasteiger partial charge in [-0.3, -0.25) is 20.8 Å². The van der Waals surface area contributed by atoms with Crippen LogP contribution in [-0.2, 0) is 6.18 Å². The van der Waals surface area contributed by atoms with Gasteiger partial charge in [0.2, 0.25) is 0 Å². The second-order valence-electron chi connectivity index (χ2n) is 12.6. The molecule has 0 aliphatic rings. The number of aromatic amines is 2. The van der Waals surface area contributed by atoms with Crippen LogP contribution >= 0.6 is 23.2 Å². The molecular weight excluding hydrogens is 792 g/mol. The molecule has 4 amide bonds. The number of halogens is 5. The zero-order valence-corrected chi connectivity index (χ0v) is 31.7. The number of hydrogen-bond acceptors (Lipinski definition) is 5. The largest absolute Gasteiger partial charge is 0.497 e. The molecule has 0 spiro atoms. The summed E-state index contributed by atoms with van der Waals surface area (Å²) >= 11 is 12.8. The molecule has 16 heteroatoms. The molecule has 8 rings (SSSR count). The molecular formula is C42H31Cl2F3N8O3. The van der Waals surface area contributed by atoms with Gasteiger partial charge in [0.15, 0.2) is 11.6 Å². The fourth-order valence-corrected chi connectivity index (χ4v) is 6.45. The number of amides is 4. The highest BCUT2D eigenvalue weighted by molar-refractivity contribution is 6.35. The van der Waals surface area contributed by atoms with Crippen LogP contribution in [0.4, 0.5) is 45.8 Å². The number of hydrogen-bond donors (Lipinski definition) is 6. The number of carbonyl (C=O) groups is 2. The van der Waals surface area contributed by atoms with Gasteiger partial charge in [0.25, 0.3) is 0 Å². The van der Waals surface area contributed by atoms with Crippen LogP contribution in [0.1, 0.15) is 5.56 Å². The fourth-order valence-electron chi connectivity index (χ4n) is 5.90.